The average Bonchev–Trinajstić information content (AvgIpc) is 2.68. The summed E-state index contributed by atoms with van der Waals surface area (Å²) in [5, 5.41) is 8.35. The monoisotopic (exact) mass is 390 g/mol. The summed E-state index contributed by atoms with van der Waals surface area (Å²) in [6.07, 6.45) is 4.60. The SMILES string of the molecule is CCC1CCCCN1c1ccc(NS(=O)(=O)c2ccc(OC)cc2C)nn1. The van der Waals surface area contributed by atoms with Gasteiger partial charge in [-0.2, -0.15) is 0 Å². The number of rotatable bonds is 6. The number of aryl methyl sites for hydroxylation is 1. The Balaban J connectivity index is 1.77. The number of benzene rings is 1. The molecule has 0 spiro atoms. The maximum Gasteiger partial charge on any atom is 0.263 e. The number of methoxy groups -OCH3 is 1. The minimum absolute atomic E-state index is 0.191. The Morgan fingerprint density at radius 3 is 2.67 bits per heavy atom. The molecular formula is C19H26N4O3S. The molecule has 2 aromatic rings. The van der Waals surface area contributed by atoms with Gasteiger partial charge in [-0.25, -0.2) is 8.42 Å². The second kappa shape index (κ2) is 8.12. The van der Waals surface area contributed by atoms with Gasteiger partial charge < -0.3 is 9.64 Å². The number of piperidine rings is 1. The molecule has 1 aromatic carbocycles. The van der Waals surface area contributed by atoms with Crippen molar-refractivity contribution in [2.24, 2.45) is 0 Å². The number of hydrogen-bond acceptors (Lipinski definition) is 6. The predicted molar refractivity (Wildman–Crippen MR) is 106 cm³/mol. The number of aromatic nitrogens is 2. The molecule has 0 bridgehead atoms. The Bertz CT molecular complexity index is 884. The molecule has 7 nitrogen and oxygen atoms in total. The van der Waals surface area contributed by atoms with E-state index >= 15 is 0 Å². The molecule has 1 fully saturated rings. The predicted octanol–water partition coefficient (Wildman–Crippen LogP) is 3.36. The molecule has 2 heterocycles. The van der Waals surface area contributed by atoms with E-state index in [1.165, 1.54) is 12.5 Å². The summed E-state index contributed by atoms with van der Waals surface area (Å²) >= 11 is 0. The molecule has 0 amide bonds. The summed E-state index contributed by atoms with van der Waals surface area (Å²) < 4.78 is 33.0. The van der Waals surface area contributed by atoms with Gasteiger partial charge in [0.1, 0.15) is 5.75 Å². The van der Waals surface area contributed by atoms with E-state index in [-0.39, 0.29) is 10.7 Å². The van der Waals surface area contributed by atoms with E-state index in [0.29, 0.717) is 17.4 Å². The van der Waals surface area contributed by atoms with E-state index in [4.69, 9.17) is 4.74 Å². The van der Waals surface area contributed by atoms with Crippen LogP contribution in [0.25, 0.3) is 0 Å². The molecule has 1 saturated heterocycles. The van der Waals surface area contributed by atoms with Crippen molar-refractivity contribution < 1.29 is 13.2 Å². The van der Waals surface area contributed by atoms with Crippen molar-refractivity contribution in [1.29, 1.82) is 0 Å². The highest BCUT2D eigenvalue weighted by Gasteiger charge is 2.23. The standard InChI is InChI=1S/C19H26N4O3S/c1-4-15-7-5-6-12-23(15)19-11-10-18(20-21-19)22-27(24,25)17-9-8-16(26-3)13-14(17)2/h8-11,13,15H,4-7,12H2,1-3H3,(H,20,22). The molecule has 1 atom stereocenters. The van der Waals surface area contributed by atoms with Crippen LogP contribution in [0, 0.1) is 6.92 Å². The van der Waals surface area contributed by atoms with E-state index in [0.717, 1.165) is 31.6 Å². The first kappa shape index (κ1) is 19.4. The van der Waals surface area contributed by atoms with Gasteiger partial charge in [-0.3, -0.25) is 4.72 Å². The third kappa shape index (κ3) is 4.32. The Kier molecular flexibility index (Phi) is 5.84. The molecule has 8 heteroatoms. The minimum Gasteiger partial charge on any atom is -0.497 e. The number of sulfonamides is 1. The third-order valence-corrected chi connectivity index (χ3v) is 6.47. The Morgan fingerprint density at radius 1 is 1.22 bits per heavy atom. The zero-order valence-corrected chi connectivity index (χ0v) is 16.8. The number of hydrogen-bond donors (Lipinski definition) is 1. The van der Waals surface area contributed by atoms with Crippen LogP contribution in [0.1, 0.15) is 38.2 Å². The van der Waals surface area contributed by atoms with E-state index in [9.17, 15) is 8.42 Å². The van der Waals surface area contributed by atoms with Gasteiger partial charge in [0.25, 0.3) is 10.0 Å². The zero-order chi connectivity index (χ0) is 19.4. The summed E-state index contributed by atoms with van der Waals surface area (Å²) in [5.41, 5.74) is 0.602. The van der Waals surface area contributed by atoms with Gasteiger partial charge in [0, 0.05) is 12.6 Å². The van der Waals surface area contributed by atoms with Crippen LogP contribution in [0.2, 0.25) is 0 Å². The number of nitrogens with zero attached hydrogens (tertiary/aromatic N) is 3. The van der Waals surface area contributed by atoms with Crippen LogP contribution in [-0.4, -0.2) is 38.3 Å². The van der Waals surface area contributed by atoms with Crippen LogP contribution in [0.15, 0.2) is 35.2 Å². The fraction of sp³-hybridized carbons (Fsp3) is 0.474. The van der Waals surface area contributed by atoms with Gasteiger partial charge in [-0.1, -0.05) is 6.92 Å². The van der Waals surface area contributed by atoms with Gasteiger partial charge in [0.2, 0.25) is 0 Å². The number of ether oxygens (including phenoxy) is 1. The highest BCUT2D eigenvalue weighted by Crippen LogP contribution is 2.26. The lowest BCUT2D eigenvalue weighted by Crippen LogP contribution is -2.39. The molecule has 3 rings (SSSR count). The van der Waals surface area contributed by atoms with Crippen molar-refractivity contribution >= 4 is 21.7 Å². The molecule has 0 radical (unpaired) electrons. The molecule has 1 aliphatic heterocycles. The largest absolute Gasteiger partial charge is 0.497 e. The van der Waals surface area contributed by atoms with Crippen LogP contribution in [0.3, 0.4) is 0 Å². The first-order valence-electron chi connectivity index (χ1n) is 9.22. The molecule has 0 saturated carbocycles. The van der Waals surface area contributed by atoms with E-state index in [1.807, 2.05) is 6.07 Å². The molecular weight excluding hydrogens is 364 g/mol. The van der Waals surface area contributed by atoms with Crippen molar-refractivity contribution in [2.75, 3.05) is 23.3 Å². The van der Waals surface area contributed by atoms with Crippen LogP contribution < -0.4 is 14.4 Å². The minimum atomic E-state index is -3.74. The fourth-order valence-electron chi connectivity index (χ4n) is 3.50. The molecule has 1 N–H and O–H groups in total. The second-order valence-electron chi connectivity index (χ2n) is 6.76. The van der Waals surface area contributed by atoms with Crippen LogP contribution in [-0.2, 0) is 10.0 Å². The van der Waals surface area contributed by atoms with Crippen LogP contribution >= 0.6 is 0 Å². The van der Waals surface area contributed by atoms with E-state index < -0.39 is 10.0 Å². The lowest BCUT2D eigenvalue weighted by Gasteiger charge is -2.35. The maximum atomic E-state index is 12.7. The molecule has 0 aliphatic carbocycles. The first-order valence-corrected chi connectivity index (χ1v) is 10.7. The van der Waals surface area contributed by atoms with Gasteiger partial charge in [-0.05, 0) is 68.5 Å². The normalized spacial score (nSPS) is 17.6. The van der Waals surface area contributed by atoms with Gasteiger partial charge in [0.05, 0.1) is 12.0 Å². The summed E-state index contributed by atoms with van der Waals surface area (Å²) in [6, 6.07) is 8.80. The van der Waals surface area contributed by atoms with Crippen LogP contribution in [0.4, 0.5) is 11.6 Å². The highest BCUT2D eigenvalue weighted by molar-refractivity contribution is 7.92. The van der Waals surface area contributed by atoms with Gasteiger partial charge in [0.15, 0.2) is 11.6 Å². The summed E-state index contributed by atoms with van der Waals surface area (Å²) in [6.45, 7) is 4.87. The molecule has 1 unspecified atom stereocenters. The quantitative estimate of drug-likeness (QED) is 0.814. The second-order valence-corrected chi connectivity index (χ2v) is 8.42. The van der Waals surface area contributed by atoms with E-state index in [2.05, 4.69) is 26.7 Å². The van der Waals surface area contributed by atoms with Crippen LogP contribution in [0.5, 0.6) is 5.75 Å². The van der Waals surface area contributed by atoms with E-state index in [1.54, 1.807) is 32.2 Å². The summed E-state index contributed by atoms with van der Waals surface area (Å²) in [4.78, 5) is 2.46. The summed E-state index contributed by atoms with van der Waals surface area (Å²) in [5.74, 6) is 1.62. The highest BCUT2D eigenvalue weighted by atomic mass is 32.2. The van der Waals surface area contributed by atoms with Crippen molar-refractivity contribution in [1.82, 2.24) is 10.2 Å². The topological polar surface area (TPSA) is 84.4 Å². The zero-order valence-electron chi connectivity index (χ0n) is 16.0. The number of anilines is 2. The van der Waals surface area contributed by atoms with Crippen molar-refractivity contribution in [2.45, 2.75) is 50.5 Å². The van der Waals surface area contributed by atoms with Crippen molar-refractivity contribution in [3.05, 3.63) is 35.9 Å². The average molecular weight is 391 g/mol. The van der Waals surface area contributed by atoms with Gasteiger partial charge in [-0.15, -0.1) is 10.2 Å². The molecule has 1 aromatic heterocycles. The molecule has 27 heavy (non-hydrogen) atoms. The Labute approximate surface area is 160 Å². The lowest BCUT2D eigenvalue weighted by atomic mass is 10.0. The van der Waals surface area contributed by atoms with Crippen molar-refractivity contribution in [3.8, 4) is 5.75 Å². The number of nitrogens with one attached hydrogen (secondary N) is 1. The Morgan fingerprint density at radius 2 is 2.04 bits per heavy atom. The maximum absolute atomic E-state index is 12.7. The van der Waals surface area contributed by atoms with Gasteiger partial charge >= 0.3 is 0 Å². The van der Waals surface area contributed by atoms with Crippen molar-refractivity contribution in [3.63, 3.8) is 0 Å². The fourth-order valence-corrected chi connectivity index (χ4v) is 4.73. The molecule has 1 aliphatic rings. The third-order valence-electron chi connectivity index (χ3n) is 4.95. The summed E-state index contributed by atoms with van der Waals surface area (Å²) in [7, 11) is -2.20. The molecule has 146 valence electrons. The first-order chi connectivity index (χ1) is 12.9. The lowest BCUT2D eigenvalue weighted by molar-refractivity contribution is 0.414. The smallest absolute Gasteiger partial charge is 0.263 e. The Hall–Kier alpha value is -2.35.